The van der Waals surface area contributed by atoms with Gasteiger partial charge in [0, 0.05) is 6.04 Å². The van der Waals surface area contributed by atoms with Gasteiger partial charge in [-0.2, -0.15) is 0 Å². The molecule has 1 amide bonds. The van der Waals surface area contributed by atoms with Crippen LogP contribution < -0.4 is 9.47 Å². The zero-order valence-electron chi connectivity index (χ0n) is 21.7. The number of carbonyl (C=O) groups excluding carboxylic acids is 1. The average molecular weight is 592 g/mol. The molecule has 0 N–H and O–H groups in total. The lowest BCUT2D eigenvalue weighted by Gasteiger charge is -2.30. The van der Waals surface area contributed by atoms with Gasteiger partial charge in [-0.15, -0.1) is 0 Å². The number of methoxy groups -OCH3 is 1. The first-order valence-electron chi connectivity index (χ1n) is 12.9. The Hall–Kier alpha value is -3.03. The number of aryl methyl sites for hydroxylation is 1. The van der Waals surface area contributed by atoms with Crippen LogP contribution in [0.5, 0.6) is 11.5 Å². The highest BCUT2D eigenvalue weighted by molar-refractivity contribution is 9.10. The Morgan fingerprint density at radius 3 is 2.50 bits per heavy atom. The van der Waals surface area contributed by atoms with E-state index in [9.17, 15) is 4.79 Å². The molecule has 1 aliphatic carbocycles. The third-order valence-corrected chi connectivity index (χ3v) is 8.38. The molecule has 0 spiro atoms. The van der Waals surface area contributed by atoms with Crippen molar-refractivity contribution in [1.29, 1.82) is 0 Å². The minimum atomic E-state index is 0.0206. The second-order valence-electron chi connectivity index (χ2n) is 9.62. The molecule has 196 valence electrons. The lowest BCUT2D eigenvalue weighted by atomic mass is 9.94. The molecule has 0 bridgehead atoms. The van der Waals surface area contributed by atoms with Crippen LogP contribution in [-0.2, 0) is 11.4 Å². The molecule has 1 aliphatic heterocycles. The summed E-state index contributed by atoms with van der Waals surface area (Å²) in [6.07, 6.45) is 7.47. The molecule has 1 heterocycles. The number of hydrogen-bond donors (Lipinski definition) is 0. The van der Waals surface area contributed by atoms with Gasteiger partial charge in [0.1, 0.15) is 6.61 Å². The van der Waals surface area contributed by atoms with Gasteiger partial charge in [-0.3, -0.25) is 9.69 Å². The molecule has 1 saturated carbocycles. The number of aliphatic imine (C=N–C) groups is 1. The Bertz CT molecular complexity index is 1350. The minimum Gasteiger partial charge on any atom is -0.493 e. The second kappa shape index (κ2) is 12.2. The number of thioether (sulfide) groups is 1. The fourth-order valence-corrected chi connectivity index (χ4v) is 6.43. The fourth-order valence-electron chi connectivity index (χ4n) is 4.80. The monoisotopic (exact) mass is 590 g/mol. The average Bonchev–Trinajstić information content (AvgIpc) is 3.24. The lowest BCUT2D eigenvalue weighted by Crippen LogP contribution is -2.40. The van der Waals surface area contributed by atoms with Gasteiger partial charge in [0.25, 0.3) is 5.91 Å². The van der Waals surface area contributed by atoms with Crippen LogP contribution in [0.3, 0.4) is 0 Å². The van der Waals surface area contributed by atoms with Crippen molar-refractivity contribution in [2.45, 2.75) is 51.7 Å². The van der Waals surface area contributed by atoms with E-state index in [2.05, 4.69) is 22.9 Å². The fraction of sp³-hybridized carbons (Fsp3) is 0.290. The van der Waals surface area contributed by atoms with Crippen molar-refractivity contribution >= 4 is 50.5 Å². The smallest absolute Gasteiger partial charge is 0.267 e. The quantitative estimate of drug-likeness (QED) is 0.260. The maximum Gasteiger partial charge on any atom is 0.267 e. The molecule has 1 saturated heterocycles. The molecule has 5 rings (SSSR count). The van der Waals surface area contributed by atoms with Gasteiger partial charge in [0.05, 0.1) is 22.2 Å². The highest BCUT2D eigenvalue weighted by Crippen LogP contribution is 2.41. The van der Waals surface area contributed by atoms with E-state index in [0.717, 1.165) is 52.1 Å². The first-order chi connectivity index (χ1) is 18.5. The molecule has 2 aliphatic rings. The highest BCUT2D eigenvalue weighted by Gasteiger charge is 2.38. The summed E-state index contributed by atoms with van der Waals surface area (Å²) < 4.78 is 12.5. The molecule has 3 aromatic rings. The first kappa shape index (κ1) is 26.6. The zero-order valence-corrected chi connectivity index (χ0v) is 24.1. The summed E-state index contributed by atoms with van der Waals surface area (Å²) in [6.45, 7) is 2.49. The largest absolute Gasteiger partial charge is 0.493 e. The van der Waals surface area contributed by atoms with Crippen LogP contribution in [0.1, 0.15) is 48.8 Å². The van der Waals surface area contributed by atoms with E-state index < -0.39 is 0 Å². The number of halogens is 1. The maximum atomic E-state index is 13.7. The number of nitrogens with zero attached hydrogens (tertiary/aromatic N) is 2. The Labute approximate surface area is 237 Å². The summed E-state index contributed by atoms with van der Waals surface area (Å²) in [7, 11) is 1.63. The molecular weight excluding hydrogens is 560 g/mol. The van der Waals surface area contributed by atoms with E-state index in [-0.39, 0.29) is 11.9 Å². The van der Waals surface area contributed by atoms with E-state index >= 15 is 0 Å². The number of rotatable bonds is 7. The Morgan fingerprint density at radius 1 is 1.05 bits per heavy atom. The van der Waals surface area contributed by atoms with E-state index in [4.69, 9.17) is 14.5 Å². The second-order valence-corrected chi connectivity index (χ2v) is 11.5. The van der Waals surface area contributed by atoms with Gasteiger partial charge < -0.3 is 9.47 Å². The molecule has 0 atom stereocenters. The van der Waals surface area contributed by atoms with Crippen molar-refractivity contribution in [2.24, 2.45) is 4.99 Å². The molecule has 7 heteroatoms. The van der Waals surface area contributed by atoms with Gasteiger partial charge >= 0.3 is 0 Å². The van der Waals surface area contributed by atoms with Gasteiger partial charge in [0.15, 0.2) is 16.7 Å². The summed E-state index contributed by atoms with van der Waals surface area (Å²) in [4.78, 5) is 21.2. The van der Waals surface area contributed by atoms with Crippen LogP contribution in [0.15, 0.2) is 81.1 Å². The standard InChI is InChI=1S/C31H31BrN2O3S/c1-21-13-15-24(16-14-21)33-31-34(25-11-7-4-8-12-25)30(35)28(38-31)19-23-17-26(32)29(27(18-23)36-2)37-20-22-9-5-3-6-10-22/h3,5-6,9-10,13-19,25H,4,7-8,11-12,20H2,1-2H3/b28-19+,33-31?. The number of amides is 1. The highest BCUT2D eigenvalue weighted by atomic mass is 79.9. The van der Waals surface area contributed by atoms with E-state index in [1.54, 1.807) is 7.11 Å². The zero-order chi connectivity index (χ0) is 26.5. The molecule has 0 radical (unpaired) electrons. The lowest BCUT2D eigenvalue weighted by molar-refractivity contribution is -0.124. The normalized spacial score (nSPS) is 18.4. The van der Waals surface area contributed by atoms with Crippen LogP contribution in [0.25, 0.3) is 6.08 Å². The third kappa shape index (κ3) is 6.16. The Morgan fingerprint density at radius 2 is 1.79 bits per heavy atom. The van der Waals surface area contributed by atoms with Gasteiger partial charge in [-0.25, -0.2) is 4.99 Å². The number of amidine groups is 1. The molecule has 38 heavy (non-hydrogen) atoms. The van der Waals surface area contributed by atoms with Crippen LogP contribution in [0.4, 0.5) is 5.69 Å². The number of carbonyl (C=O) groups is 1. The Balaban J connectivity index is 1.44. The van der Waals surface area contributed by atoms with Crippen LogP contribution >= 0.6 is 27.7 Å². The molecule has 5 nitrogen and oxygen atoms in total. The molecule has 2 fully saturated rings. The summed E-state index contributed by atoms with van der Waals surface area (Å²) in [5.41, 5.74) is 3.97. The number of benzene rings is 3. The van der Waals surface area contributed by atoms with Crippen LogP contribution in [-0.4, -0.2) is 29.1 Å². The van der Waals surface area contributed by atoms with E-state index in [1.165, 1.54) is 23.7 Å². The maximum absolute atomic E-state index is 13.7. The summed E-state index contributed by atoms with van der Waals surface area (Å²) in [5.74, 6) is 1.26. The van der Waals surface area contributed by atoms with Crippen LogP contribution in [0, 0.1) is 6.92 Å². The molecule has 0 unspecified atom stereocenters. The van der Waals surface area contributed by atoms with Crippen molar-refractivity contribution in [1.82, 2.24) is 4.90 Å². The summed E-state index contributed by atoms with van der Waals surface area (Å²) >= 11 is 5.10. The molecule has 0 aromatic heterocycles. The van der Waals surface area contributed by atoms with Gasteiger partial charge in [-0.05, 0) is 88.9 Å². The van der Waals surface area contributed by atoms with E-state index in [0.29, 0.717) is 23.0 Å². The van der Waals surface area contributed by atoms with Crippen molar-refractivity contribution in [3.8, 4) is 11.5 Å². The Kier molecular flexibility index (Phi) is 8.55. The number of ether oxygens (including phenoxy) is 2. The van der Waals surface area contributed by atoms with E-state index in [1.807, 2.05) is 77.7 Å². The van der Waals surface area contributed by atoms with Crippen LogP contribution in [0.2, 0.25) is 0 Å². The predicted octanol–water partition coefficient (Wildman–Crippen LogP) is 8.28. The van der Waals surface area contributed by atoms with Crippen molar-refractivity contribution in [2.75, 3.05) is 7.11 Å². The van der Waals surface area contributed by atoms with Gasteiger partial charge in [0.2, 0.25) is 0 Å². The topological polar surface area (TPSA) is 51.1 Å². The SMILES string of the molecule is COc1cc(/C=C2/SC(=Nc3ccc(C)cc3)N(C3CCCCC3)C2=O)cc(Br)c1OCc1ccccc1. The minimum absolute atomic E-state index is 0.0206. The summed E-state index contributed by atoms with van der Waals surface area (Å²) in [6, 6.07) is 22.2. The molecule has 3 aromatic carbocycles. The van der Waals surface area contributed by atoms with Crippen molar-refractivity contribution in [3.05, 3.63) is 92.8 Å². The predicted molar refractivity (Wildman–Crippen MR) is 159 cm³/mol. The number of hydrogen-bond acceptors (Lipinski definition) is 5. The van der Waals surface area contributed by atoms with Crippen molar-refractivity contribution < 1.29 is 14.3 Å². The van der Waals surface area contributed by atoms with Gasteiger partial charge in [-0.1, -0.05) is 67.3 Å². The molecular formula is C31H31BrN2O3S. The summed E-state index contributed by atoms with van der Waals surface area (Å²) in [5, 5.41) is 0.755. The third-order valence-electron chi connectivity index (χ3n) is 6.81. The van der Waals surface area contributed by atoms with Crippen molar-refractivity contribution in [3.63, 3.8) is 0 Å². The first-order valence-corrected chi connectivity index (χ1v) is 14.6.